The second-order valence-corrected chi connectivity index (χ2v) is 3.89. The van der Waals surface area contributed by atoms with E-state index in [-0.39, 0.29) is 10.3 Å². The lowest BCUT2D eigenvalue weighted by Crippen LogP contribution is -2.04. The van der Waals surface area contributed by atoms with Crippen molar-refractivity contribution < 1.29 is 9.18 Å². The fourth-order valence-corrected chi connectivity index (χ4v) is 1.34. The number of hydrogen-bond donors (Lipinski definition) is 2. The summed E-state index contributed by atoms with van der Waals surface area (Å²) in [6.07, 6.45) is 0. The normalized spacial score (nSPS) is 10.0. The zero-order valence-corrected chi connectivity index (χ0v) is 8.37. The fraction of sp³-hybridized carbons (Fsp3) is 0.125. The lowest BCUT2D eigenvalue weighted by Gasteiger charge is -2.00. The summed E-state index contributed by atoms with van der Waals surface area (Å²) in [5.41, 5.74) is 0.920. The largest absolute Gasteiger partial charge is 0.273 e. The SMILES string of the molecule is O=C(S)SNCc1ccc(F)cc1. The van der Waals surface area contributed by atoms with Gasteiger partial charge in [-0.25, -0.2) is 4.39 Å². The molecule has 0 amide bonds. The number of halogens is 1. The van der Waals surface area contributed by atoms with E-state index in [1.54, 1.807) is 12.1 Å². The van der Waals surface area contributed by atoms with Crippen LogP contribution in [0.2, 0.25) is 0 Å². The van der Waals surface area contributed by atoms with Gasteiger partial charge in [-0.3, -0.25) is 9.52 Å². The van der Waals surface area contributed by atoms with Crippen molar-refractivity contribution in [2.75, 3.05) is 0 Å². The Morgan fingerprint density at radius 3 is 2.62 bits per heavy atom. The molecule has 1 aromatic rings. The first-order valence-electron chi connectivity index (χ1n) is 3.55. The highest BCUT2D eigenvalue weighted by molar-refractivity contribution is 8.31. The van der Waals surface area contributed by atoms with E-state index in [0.29, 0.717) is 6.54 Å². The first kappa shape index (κ1) is 10.6. The van der Waals surface area contributed by atoms with E-state index in [4.69, 9.17) is 0 Å². The summed E-state index contributed by atoms with van der Waals surface area (Å²) >= 11 is 4.47. The molecule has 0 aliphatic carbocycles. The molecule has 2 nitrogen and oxygen atoms in total. The molecule has 0 aliphatic rings. The van der Waals surface area contributed by atoms with Crippen molar-refractivity contribution in [2.45, 2.75) is 6.54 Å². The molecule has 0 saturated carbocycles. The number of rotatable bonds is 3. The zero-order chi connectivity index (χ0) is 9.68. The van der Waals surface area contributed by atoms with Crippen molar-refractivity contribution >= 4 is 29.0 Å². The minimum absolute atomic E-state index is 0.262. The Morgan fingerprint density at radius 2 is 2.08 bits per heavy atom. The molecule has 0 aromatic heterocycles. The van der Waals surface area contributed by atoms with Crippen LogP contribution >= 0.6 is 24.6 Å². The molecule has 70 valence electrons. The van der Waals surface area contributed by atoms with E-state index in [0.717, 1.165) is 17.5 Å². The number of benzene rings is 1. The smallest absolute Gasteiger partial charge is 0.257 e. The van der Waals surface area contributed by atoms with E-state index in [2.05, 4.69) is 17.4 Å². The van der Waals surface area contributed by atoms with Crippen LogP contribution in [0, 0.1) is 5.82 Å². The van der Waals surface area contributed by atoms with Gasteiger partial charge in [0.15, 0.2) is 0 Å². The van der Waals surface area contributed by atoms with Crippen molar-refractivity contribution in [3.8, 4) is 0 Å². The minimum atomic E-state index is -0.290. The lowest BCUT2D eigenvalue weighted by molar-refractivity contribution is 0.277. The predicted octanol–water partition coefficient (Wildman–Crippen LogP) is 2.61. The monoisotopic (exact) mass is 217 g/mol. The van der Waals surface area contributed by atoms with Gasteiger partial charge in [-0.05, 0) is 17.7 Å². The number of carbonyl (C=O) groups excluding carboxylic acids is 1. The highest BCUT2D eigenvalue weighted by Crippen LogP contribution is 2.06. The molecule has 0 bridgehead atoms. The van der Waals surface area contributed by atoms with Gasteiger partial charge >= 0.3 is 0 Å². The maximum atomic E-state index is 12.4. The van der Waals surface area contributed by atoms with Crippen LogP contribution in [-0.2, 0) is 6.54 Å². The molecule has 1 rings (SSSR count). The van der Waals surface area contributed by atoms with Gasteiger partial charge < -0.3 is 0 Å². The van der Waals surface area contributed by atoms with Gasteiger partial charge in [-0.15, -0.1) is 0 Å². The Hall–Kier alpha value is -0.520. The number of hydrogen-bond acceptors (Lipinski definition) is 3. The lowest BCUT2D eigenvalue weighted by atomic mass is 10.2. The fourth-order valence-electron chi connectivity index (χ4n) is 0.783. The van der Waals surface area contributed by atoms with E-state index >= 15 is 0 Å². The van der Waals surface area contributed by atoms with Crippen LogP contribution in [0.25, 0.3) is 0 Å². The first-order chi connectivity index (χ1) is 6.18. The average molecular weight is 217 g/mol. The molecule has 0 unspecified atom stereocenters. The van der Waals surface area contributed by atoms with E-state index in [9.17, 15) is 9.18 Å². The Balaban J connectivity index is 2.37. The summed E-state index contributed by atoms with van der Waals surface area (Å²) in [5, 5.41) is 0. The van der Waals surface area contributed by atoms with Crippen LogP contribution in [0.4, 0.5) is 9.18 Å². The standard InChI is InChI=1S/C8H8FNOS2/c9-7-3-1-6(2-4-7)5-10-13-8(11)12/h1-4,10H,5H2,(H,11,12). The zero-order valence-electron chi connectivity index (χ0n) is 6.66. The molecule has 13 heavy (non-hydrogen) atoms. The molecule has 0 atom stereocenters. The molecule has 0 spiro atoms. The van der Waals surface area contributed by atoms with Crippen LogP contribution < -0.4 is 4.72 Å². The molecule has 5 heteroatoms. The molecule has 0 heterocycles. The molecule has 0 fully saturated rings. The summed E-state index contributed by atoms with van der Waals surface area (Å²) in [7, 11) is 0. The van der Waals surface area contributed by atoms with E-state index in [1.807, 2.05) is 0 Å². The summed E-state index contributed by atoms with van der Waals surface area (Å²) in [5.74, 6) is -0.262. The van der Waals surface area contributed by atoms with Gasteiger partial charge in [-0.2, -0.15) is 0 Å². The molecular weight excluding hydrogens is 209 g/mol. The maximum Gasteiger partial charge on any atom is 0.257 e. The second kappa shape index (κ2) is 5.26. The van der Waals surface area contributed by atoms with Crippen LogP contribution in [0.15, 0.2) is 24.3 Å². The van der Waals surface area contributed by atoms with Gasteiger partial charge in [-0.1, -0.05) is 24.8 Å². The van der Waals surface area contributed by atoms with Gasteiger partial charge in [0.2, 0.25) is 0 Å². The van der Waals surface area contributed by atoms with Gasteiger partial charge in [0.25, 0.3) is 4.45 Å². The van der Waals surface area contributed by atoms with Crippen LogP contribution in [0.5, 0.6) is 0 Å². The quantitative estimate of drug-likeness (QED) is 0.602. The summed E-state index contributed by atoms with van der Waals surface area (Å²) in [6.45, 7) is 0.511. The summed E-state index contributed by atoms with van der Waals surface area (Å²) < 4.78 is 14.9. The maximum absolute atomic E-state index is 12.4. The Bertz CT molecular complexity index is 289. The van der Waals surface area contributed by atoms with E-state index < -0.39 is 0 Å². The minimum Gasteiger partial charge on any atom is -0.273 e. The summed E-state index contributed by atoms with van der Waals surface area (Å²) in [4.78, 5) is 10.4. The predicted molar refractivity (Wildman–Crippen MR) is 55.2 cm³/mol. The van der Waals surface area contributed by atoms with Crippen molar-refractivity contribution in [1.82, 2.24) is 4.72 Å². The number of thiol groups is 1. The highest BCUT2D eigenvalue weighted by atomic mass is 32.2. The molecular formula is C8H8FNOS2. The third-order valence-electron chi connectivity index (χ3n) is 1.35. The van der Waals surface area contributed by atoms with E-state index in [1.165, 1.54) is 12.1 Å². The van der Waals surface area contributed by atoms with Crippen molar-refractivity contribution in [2.24, 2.45) is 0 Å². The Morgan fingerprint density at radius 1 is 1.46 bits per heavy atom. The van der Waals surface area contributed by atoms with Crippen LogP contribution in [-0.4, -0.2) is 4.45 Å². The van der Waals surface area contributed by atoms with Crippen LogP contribution in [0.3, 0.4) is 0 Å². The molecule has 0 aliphatic heterocycles. The number of nitrogens with one attached hydrogen (secondary N) is 1. The average Bonchev–Trinajstić information content (AvgIpc) is 2.08. The third kappa shape index (κ3) is 4.31. The first-order valence-corrected chi connectivity index (χ1v) is 4.82. The summed E-state index contributed by atoms with van der Waals surface area (Å²) in [6, 6.07) is 6.08. The molecule has 0 saturated heterocycles. The number of carbonyl (C=O) groups is 1. The molecule has 0 radical (unpaired) electrons. The Kier molecular flexibility index (Phi) is 4.27. The topological polar surface area (TPSA) is 29.1 Å². The molecule has 1 aromatic carbocycles. The van der Waals surface area contributed by atoms with Crippen molar-refractivity contribution in [3.63, 3.8) is 0 Å². The Labute approximate surface area is 85.5 Å². The van der Waals surface area contributed by atoms with Gasteiger partial charge in [0.1, 0.15) is 5.82 Å². The van der Waals surface area contributed by atoms with Gasteiger partial charge in [0, 0.05) is 18.5 Å². The third-order valence-corrected chi connectivity index (χ3v) is 2.09. The van der Waals surface area contributed by atoms with Crippen molar-refractivity contribution in [1.29, 1.82) is 0 Å². The van der Waals surface area contributed by atoms with Crippen LogP contribution in [0.1, 0.15) is 5.56 Å². The van der Waals surface area contributed by atoms with Crippen molar-refractivity contribution in [3.05, 3.63) is 35.6 Å². The second-order valence-electron chi connectivity index (χ2n) is 2.32. The highest BCUT2D eigenvalue weighted by Gasteiger charge is 1.96. The van der Waals surface area contributed by atoms with Gasteiger partial charge in [0.05, 0.1) is 0 Å². The molecule has 1 N–H and O–H groups in total.